The summed E-state index contributed by atoms with van der Waals surface area (Å²) in [7, 11) is 0. The lowest BCUT2D eigenvalue weighted by molar-refractivity contribution is 0.0783. The summed E-state index contributed by atoms with van der Waals surface area (Å²) < 4.78 is 1.89. The molecule has 1 aliphatic heterocycles. The molecule has 5 heteroatoms. The molecule has 1 saturated heterocycles. The number of hydrogen-bond donors (Lipinski definition) is 0. The van der Waals surface area contributed by atoms with Crippen LogP contribution in [0, 0.1) is 5.92 Å². The van der Waals surface area contributed by atoms with E-state index in [1.54, 1.807) is 0 Å². The molecule has 2 aromatic heterocycles. The van der Waals surface area contributed by atoms with Gasteiger partial charge in [0.15, 0.2) is 0 Å². The van der Waals surface area contributed by atoms with E-state index in [4.69, 9.17) is 0 Å². The number of benzene rings is 1. The molecule has 0 saturated carbocycles. The summed E-state index contributed by atoms with van der Waals surface area (Å²) in [6, 6.07) is 16.2. The Bertz CT molecular complexity index is 813. The number of aromatic nitrogens is 2. The van der Waals surface area contributed by atoms with Gasteiger partial charge in [-0.3, -0.25) is 4.79 Å². The van der Waals surface area contributed by atoms with E-state index >= 15 is 0 Å². The highest BCUT2D eigenvalue weighted by Crippen LogP contribution is 2.26. The number of nitrogens with zero attached hydrogens (tertiary/aromatic N) is 3. The second kappa shape index (κ2) is 6.69. The Balaban J connectivity index is 1.38. The standard InChI is InChI=1S/C19H19N3OS/c23-19(17-13-21-10-5-4-8-18(21)20-17)22-11-9-15(12-22)14-24-16-6-2-1-3-7-16/h1-8,10,13,15H,9,11-12,14H2/t15-/m0/s1. The minimum Gasteiger partial charge on any atom is -0.337 e. The van der Waals surface area contributed by atoms with Crippen LogP contribution >= 0.6 is 11.8 Å². The minimum absolute atomic E-state index is 0.0471. The number of carbonyl (C=O) groups excluding carboxylic acids is 1. The van der Waals surface area contributed by atoms with Gasteiger partial charge in [-0.1, -0.05) is 24.3 Å². The molecule has 0 unspecified atom stereocenters. The van der Waals surface area contributed by atoms with Crippen LogP contribution in [0.5, 0.6) is 0 Å². The van der Waals surface area contributed by atoms with E-state index in [2.05, 4.69) is 29.2 Å². The number of rotatable bonds is 4. The number of hydrogen-bond acceptors (Lipinski definition) is 3. The van der Waals surface area contributed by atoms with E-state index < -0.39 is 0 Å². The first kappa shape index (κ1) is 15.3. The third-order valence-corrected chi connectivity index (χ3v) is 5.63. The maximum absolute atomic E-state index is 12.7. The van der Waals surface area contributed by atoms with Gasteiger partial charge in [0.2, 0.25) is 0 Å². The van der Waals surface area contributed by atoms with Gasteiger partial charge in [0.05, 0.1) is 0 Å². The minimum atomic E-state index is 0.0471. The number of thioether (sulfide) groups is 1. The van der Waals surface area contributed by atoms with Gasteiger partial charge in [-0.15, -0.1) is 11.8 Å². The van der Waals surface area contributed by atoms with E-state index in [-0.39, 0.29) is 5.91 Å². The SMILES string of the molecule is O=C(c1cn2ccccc2n1)N1CC[C@H](CSc2ccccc2)C1. The van der Waals surface area contributed by atoms with E-state index in [1.165, 1.54) is 4.90 Å². The van der Waals surface area contributed by atoms with Gasteiger partial charge < -0.3 is 9.30 Å². The van der Waals surface area contributed by atoms with E-state index in [9.17, 15) is 4.79 Å². The zero-order valence-electron chi connectivity index (χ0n) is 13.3. The van der Waals surface area contributed by atoms with Crippen LogP contribution < -0.4 is 0 Å². The van der Waals surface area contributed by atoms with Crippen LogP contribution in [0.1, 0.15) is 16.9 Å². The molecule has 0 N–H and O–H groups in total. The van der Waals surface area contributed by atoms with Crippen molar-refractivity contribution in [1.82, 2.24) is 14.3 Å². The van der Waals surface area contributed by atoms with Crippen LogP contribution in [0.15, 0.2) is 65.8 Å². The van der Waals surface area contributed by atoms with Crippen molar-refractivity contribution >= 4 is 23.3 Å². The molecule has 122 valence electrons. The van der Waals surface area contributed by atoms with Gasteiger partial charge in [0.25, 0.3) is 5.91 Å². The second-order valence-electron chi connectivity index (χ2n) is 6.12. The Hall–Kier alpha value is -2.27. The quantitative estimate of drug-likeness (QED) is 0.683. The highest BCUT2D eigenvalue weighted by atomic mass is 32.2. The van der Waals surface area contributed by atoms with E-state index in [0.29, 0.717) is 11.6 Å². The molecule has 1 aliphatic rings. The van der Waals surface area contributed by atoms with E-state index in [0.717, 1.165) is 30.9 Å². The Morgan fingerprint density at radius 3 is 2.83 bits per heavy atom. The molecule has 4 rings (SSSR count). The van der Waals surface area contributed by atoms with Gasteiger partial charge in [0, 0.05) is 36.1 Å². The fraction of sp³-hybridized carbons (Fsp3) is 0.263. The fourth-order valence-electron chi connectivity index (χ4n) is 3.08. The van der Waals surface area contributed by atoms with Crippen LogP contribution in [0.2, 0.25) is 0 Å². The normalized spacial score (nSPS) is 17.5. The molecule has 4 nitrogen and oxygen atoms in total. The molecule has 3 heterocycles. The van der Waals surface area contributed by atoms with Gasteiger partial charge in [0.1, 0.15) is 11.3 Å². The van der Waals surface area contributed by atoms with Crippen molar-refractivity contribution < 1.29 is 4.79 Å². The van der Waals surface area contributed by atoms with E-state index in [1.807, 2.05) is 57.7 Å². The average molecular weight is 337 g/mol. The summed E-state index contributed by atoms with van der Waals surface area (Å²) >= 11 is 1.87. The van der Waals surface area contributed by atoms with Gasteiger partial charge >= 0.3 is 0 Å². The van der Waals surface area contributed by atoms with Gasteiger partial charge in [-0.05, 0) is 36.6 Å². The van der Waals surface area contributed by atoms with Gasteiger partial charge in [-0.25, -0.2) is 4.98 Å². The van der Waals surface area contributed by atoms with Crippen molar-refractivity contribution in [1.29, 1.82) is 0 Å². The maximum atomic E-state index is 12.7. The monoisotopic (exact) mass is 337 g/mol. The Labute approximate surface area is 145 Å². The molecule has 0 bridgehead atoms. The number of pyridine rings is 1. The summed E-state index contributed by atoms with van der Waals surface area (Å²) in [4.78, 5) is 20.4. The number of likely N-dealkylation sites (tertiary alicyclic amines) is 1. The van der Waals surface area contributed by atoms with Crippen LogP contribution in [0.4, 0.5) is 0 Å². The topological polar surface area (TPSA) is 37.6 Å². The molecular formula is C19H19N3OS. The van der Waals surface area contributed by atoms with Crippen LogP contribution in [-0.4, -0.2) is 39.0 Å². The summed E-state index contributed by atoms with van der Waals surface area (Å²) in [5.41, 5.74) is 1.36. The first-order chi connectivity index (χ1) is 11.8. The number of amides is 1. The number of fused-ring (bicyclic) bond motifs is 1. The molecule has 3 aromatic rings. The van der Waals surface area contributed by atoms with Crippen molar-refractivity contribution in [2.24, 2.45) is 5.92 Å². The number of carbonyl (C=O) groups is 1. The lowest BCUT2D eigenvalue weighted by atomic mass is 10.2. The fourth-order valence-corrected chi connectivity index (χ4v) is 4.13. The molecule has 24 heavy (non-hydrogen) atoms. The Morgan fingerprint density at radius 1 is 1.17 bits per heavy atom. The second-order valence-corrected chi connectivity index (χ2v) is 7.22. The van der Waals surface area contributed by atoms with Crippen LogP contribution in [0.3, 0.4) is 0 Å². The van der Waals surface area contributed by atoms with Crippen molar-refractivity contribution in [3.63, 3.8) is 0 Å². The lowest BCUT2D eigenvalue weighted by Crippen LogP contribution is -2.29. The van der Waals surface area contributed by atoms with Crippen molar-refractivity contribution in [2.45, 2.75) is 11.3 Å². The third-order valence-electron chi connectivity index (χ3n) is 4.39. The van der Waals surface area contributed by atoms with Gasteiger partial charge in [-0.2, -0.15) is 0 Å². The van der Waals surface area contributed by atoms with Crippen LogP contribution in [0.25, 0.3) is 5.65 Å². The molecule has 0 radical (unpaired) electrons. The predicted octanol–water partition coefficient (Wildman–Crippen LogP) is 3.59. The third kappa shape index (κ3) is 3.17. The molecule has 1 amide bonds. The predicted molar refractivity (Wildman–Crippen MR) is 96.4 cm³/mol. The highest BCUT2D eigenvalue weighted by molar-refractivity contribution is 7.99. The maximum Gasteiger partial charge on any atom is 0.274 e. The molecule has 1 fully saturated rings. The first-order valence-corrected chi connectivity index (χ1v) is 9.19. The Kier molecular flexibility index (Phi) is 4.26. The lowest BCUT2D eigenvalue weighted by Gasteiger charge is -2.15. The highest BCUT2D eigenvalue weighted by Gasteiger charge is 2.28. The molecular weight excluding hydrogens is 318 g/mol. The van der Waals surface area contributed by atoms with Crippen molar-refractivity contribution in [2.75, 3.05) is 18.8 Å². The zero-order chi connectivity index (χ0) is 16.4. The van der Waals surface area contributed by atoms with Crippen molar-refractivity contribution in [3.05, 3.63) is 66.6 Å². The largest absolute Gasteiger partial charge is 0.337 e. The Morgan fingerprint density at radius 2 is 2.00 bits per heavy atom. The molecule has 0 aliphatic carbocycles. The average Bonchev–Trinajstić information content (AvgIpc) is 3.27. The molecule has 1 aromatic carbocycles. The van der Waals surface area contributed by atoms with Crippen molar-refractivity contribution in [3.8, 4) is 0 Å². The first-order valence-electron chi connectivity index (χ1n) is 8.20. The van der Waals surface area contributed by atoms with Crippen LogP contribution in [-0.2, 0) is 0 Å². The summed E-state index contributed by atoms with van der Waals surface area (Å²) in [5.74, 6) is 1.65. The summed E-state index contributed by atoms with van der Waals surface area (Å²) in [6.07, 6.45) is 4.81. The smallest absolute Gasteiger partial charge is 0.274 e. The summed E-state index contributed by atoms with van der Waals surface area (Å²) in [5, 5.41) is 0. The summed E-state index contributed by atoms with van der Waals surface area (Å²) in [6.45, 7) is 1.65. The molecule has 1 atom stereocenters. The number of imidazole rings is 1. The molecule has 0 spiro atoms. The zero-order valence-corrected chi connectivity index (χ0v) is 14.2.